The first kappa shape index (κ1) is 11.8. The highest BCUT2D eigenvalue weighted by Crippen LogP contribution is 2.39. The molecule has 92 valence electrons. The van der Waals surface area contributed by atoms with Crippen molar-refractivity contribution in [2.24, 2.45) is 5.92 Å². The van der Waals surface area contributed by atoms with Gasteiger partial charge in [-0.05, 0) is 30.7 Å². The molecule has 17 heavy (non-hydrogen) atoms. The maximum absolute atomic E-state index is 13.0. The monoisotopic (exact) mass is 240 g/mol. The van der Waals surface area contributed by atoms with Crippen LogP contribution in [0.2, 0.25) is 0 Å². The molecule has 3 N–H and O–H groups in total. The van der Waals surface area contributed by atoms with Crippen LogP contribution in [0.25, 0.3) is 0 Å². The van der Waals surface area contributed by atoms with E-state index >= 15 is 0 Å². The van der Waals surface area contributed by atoms with E-state index in [2.05, 4.69) is 5.32 Å². The molecule has 0 aromatic heterocycles. The maximum Gasteiger partial charge on any atom is 0.248 e. The highest BCUT2D eigenvalue weighted by atomic mass is 19.3. The number of anilines is 2. The summed E-state index contributed by atoms with van der Waals surface area (Å²) < 4.78 is 25.9. The third-order valence-corrected chi connectivity index (χ3v) is 2.95. The molecule has 1 amide bonds. The van der Waals surface area contributed by atoms with Crippen LogP contribution in [-0.4, -0.2) is 11.8 Å². The van der Waals surface area contributed by atoms with Crippen molar-refractivity contribution in [2.45, 2.75) is 25.2 Å². The van der Waals surface area contributed by atoms with Gasteiger partial charge in [-0.15, -0.1) is 0 Å². The van der Waals surface area contributed by atoms with Crippen molar-refractivity contribution in [3.63, 3.8) is 0 Å². The molecule has 0 heterocycles. The number of rotatable bonds is 2. The molecule has 3 nitrogen and oxygen atoms in total. The molecule has 0 aliphatic heterocycles. The minimum atomic E-state index is -2.69. The van der Waals surface area contributed by atoms with Crippen molar-refractivity contribution in [3.8, 4) is 0 Å². The fraction of sp³-hybridized carbons (Fsp3) is 0.417. The van der Waals surface area contributed by atoms with E-state index < -0.39 is 11.8 Å². The summed E-state index contributed by atoms with van der Waals surface area (Å²) in [4.78, 5) is 11.7. The van der Waals surface area contributed by atoms with Crippen LogP contribution >= 0.6 is 0 Å². The summed E-state index contributed by atoms with van der Waals surface area (Å²) in [6, 6.07) is 6.61. The Bertz CT molecular complexity index is 417. The van der Waals surface area contributed by atoms with Crippen LogP contribution in [0.5, 0.6) is 0 Å². The molecule has 1 unspecified atom stereocenters. The van der Waals surface area contributed by atoms with Crippen molar-refractivity contribution in [2.75, 3.05) is 11.1 Å². The second-order valence-electron chi connectivity index (χ2n) is 4.41. The zero-order chi connectivity index (χ0) is 12.5. The van der Waals surface area contributed by atoms with E-state index in [1.807, 2.05) is 0 Å². The van der Waals surface area contributed by atoms with Crippen LogP contribution in [0, 0.1) is 5.92 Å². The van der Waals surface area contributed by atoms with Gasteiger partial charge in [-0.2, -0.15) is 0 Å². The van der Waals surface area contributed by atoms with Gasteiger partial charge in [-0.3, -0.25) is 4.79 Å². The van der Waals surface area contributed by atoms with Crippen molar-refractivity contribution in [1.82, 2.24) is 0 Å². The number of carbonyl (C=O) groups is 1. The molecule has 2 rings (SSSR count). The van der Waals surface area contributed by atoms with E-state index in [4.69, 9.17) is 5.73 Å². The van der Waals surface area contributed by atoms with Crippen LogP contribution in [-0.2, 0) is 4.79 Å². The summed E-state index contributed by atoms with van der Waals surface area (Å²) in [5.74, 6) is -3.63. The molecule has 5 heteroatoms. The van der Waals surface area contributed by atoms with Crippen molar-refractivity contribution in [3.05, 3.63) is 24.3 Å². The smallest absolute Gasteiger partial charge is 0.248 e. The summed E-state index contributed by atoms with van der Waals surface area (Å²) in [7, 11) is 0. The van der Waals surface area contributed by atoms with E-state index in [0.717, 1.165) is 0 Å². The quantitative estimate of drug-likeness (QED) is 0.781. The second kappa shape index (κ2) is 4.31. The molecule has 1 aromatic carbocycles. The lowest BCUT2D eigenvalue weighted by molar-refractivity contribution is -0.120. The highest BCUT2D eigenvalue weighted by molar-refractivity contribution is 5.92. The number of hydrogen-bond donors (Lipinski definition) is 2. The van der Waals surface area contributed by atoms with Gasteiger partial charge in [0, 0.05) is 30.1 Å². The summed E-state index contributed by atoms with van der Waals surface area (Å²) in [6.07, 6.45) is -0.311. The fourth-order valence-electron chi connectivity index (χ4n) is 1.98. The molecule has 1 saturated carbocycles. The molecule has 0 spiro atoms. The Hall–Kier alpha value is -1.65. The zero-order valence-corrected chi connectivity index (χ0v) is 9.25. The lowest BCUT2D eigenvalue weighted by Crippen LogP contribution is -2.22. The van der Waals surface area contributed by atoms with Crippen LogP contribution in [0.1, 0.15) is 19.3 Å². The summed E-state index contributed by atoms with van der Waals surface area (Å²) in [6.45, 7) is 0. The summed E-state index contributed by atoms with van der Waals surface area (Å²) in [5.41, 5.74) is 6.68. The number of amides is 1. The van der Waals surface area contributed by atoms with Gasteiger partial charge >= 0.3 is 0 Å². The Morgan fingerprint density at radius 3 is 2.53 bits per heavy atom. The van der Waals surface area contributed by atoms with Gasteiger partial charge in [-0.25, -0.2) is 8.78 Å². The molecule has 0 bridgehead atoms. The molecule has 0 saturated heterocycles. The first-order chi connectivity index (χ1) is 7.96. The normalized spacial score (nSPS) is 22.4. The van der Waals surface area contributed by atoms with Crippen molar-refractivity contribution < 1.29 is 13.6 Å². The van der Waals surface area contributed by atoms with Crippen LogP contribution in [0.15, 0.2) is 24.3 Å². The van der Waals surface area contributed by atoms with E-state index in [1.165, 1.54) is 0 Å². The van der Waals surface area contributed by atoms with E-state index in [1.54, 1.807) is 24.3 Å². The first-order valence-electron chi connectivity index (χ1n) is 5.50. The number of nitrogen functional groups attached to an aromatic ring is 1. The van der Waals surface area contributed by atoms with Crippen molar-refractivity contribution in [1.29, 1.82) is 0 Å². The van der Waals surface area contributed by atoms with Gasteiger partial charge < -0.3 is 11.1 Å². The third kappa shape index (κ3) is 2.93. The maximum atomic E-state index is 13.0. The molecular weight excluding hydrogens is 226 g/mol. The number of benzene rings is 1. The average molecular weight is 240 g/mol. The minimum Gasteiger partial charge on any atom is -0.399 e. The zero-order valence-electron chi connectivity index (χ0n) is 9.25. The third-order valence-electron chi connectivity index (χ3n) is 2.95. The second-order valence-corrected chi connectivity index (χ2v) is 4.41. The Labute approximate surface area is 98.0 Å². The Kier molecular flexibility index (Phi) is 3.00. The van der Waals surface area contributed by atoms with Gasteiger partial charge in [0.25, 0.3) is 0 Å². The molecule has 1 aliphatic rings. The lowest BCUT2D eigenvalue weighted by Gasteiger charge is -2.11. The van der Waals surface area contributed by atoms with Crippen LogP contribution < -0.4 is 11.1 Å². The van der Waals surface area contributed by atoms with Crippen LogP contribution in [0.3, 0.4) is 0 Å². The number of hydrogen-bond acceptors (Lipinski definition) is 2. The van der Waals surface area contributed by atoms with Gasteiger partial charge in [-0.1, -0.05) is 0 Å². The number of carbonyl (C=O) groups excluding carboxylic acids is 1. The number of halogens is 2. The predicted octanol–water partition coefficient (Wildman–Crippen LogP) is 2.64. The van der Waals surface area contributed by atoms with E-state index in [9.17, 15) is 13.6 Å². The van der Waals surface area contributed by atoms with Crippen molar-refractivity contribution >= 4 is 17.3 Å². The van der Waals surface area contributed by atoms with E-state index in [0.29, 0.717) is 11.4 Å². The Morgan fingerprint density at radius 1 is 1.35 bits per heavy atom. The van der Waals surface area contributed by atoms with Gasteiger partial charge in [0.1, 0.15) is 0 Å². The first-order valence-corrected chi connectivity index (χ1v) is 5.50. The molecular formula is C12H14F2N2O. The minimum absolute atomic E-state index is 0.202. The average Bonchev–Trinajstić information content (AvgIpc) is 2.62. The predicted molar refractivity (Wildman–Crippen MR) is 61.8 cm³/mol. The SMILES string of the molecule is Nc1ccc(NC(=O)C2CCC(F)(F)C2)cc1. The van der Waals surface area contributed by atoms with E-state index in [-0.39, 0.29) is 25.2 Å². The van der Waals surface area contributed by atoms with Gasteiger partial charge in [0.15, 0.2) is 0 Å². The highest BCUT2D eigenvalue weighted by Gasteiger charge is 2.42. The topological polar surface area (TPSA) is 55.1 Å². The standard InChI is InChI=1S/C12H14F2N2O/c13-12(14)6-5-8(7-12)11(17)16-10-3-1-9(15)2-4-10/h1-4,8H,5-7,15H2,(H,16,17). The van der Waals surface area contributed by atoms with Gasteiger partial charge in [0.05, 0.1) is 0 Å². The fourth-order valence-corrected chi connectivity index (χ4v) is 1.98. The van der Waals surface area contributed by atoms with Gasteiger partial charge in [0.2, 0.25) is 11.8 Å². The number of nitrogens with two attached hydrogens (primary N) is 1. The molecule has 1 aliphatic carbocycles. The largest absolute Gasteiger partial charge is 0.399 e. The Balaban J connectivity index is 1.96. The Morgan fingerprint density at radius 2 is 2.00 bits per heavy atom. The molecule has 1 atom stereocenters. The summed E-state index contributed by atoms with van der Waals surface area (Å²) in [5, 5.41) is 2.62. The molecule has 1 fully saturated rings. The summed E-state index contributed by atoms with van der Waals surface area (Å²) >= 11 is 0. The number of nitrogens with one attached hydrogen (secondary N) is 1. The lowest BCUT2D eigenvalue weighted by atomic mass is 10.1. The molecule has 1 aromatic rings. The number of alkyl halides is 2. The molecule has 0 radical (unpaired) electrons. The van der Waals surface area contributed by atoms with Crippen LogP contribution in [0.4, 0.5) is 20.2 Å².